The number of hydrogen-bond acceptors (Lipinski definition) is 3. The lowest BCUT2D eigenvalue weighted by atomic mass is 10.3. The van der Waals surface area contributed by atoms with Gasteiger partial charge in [0.05, 0.1) is 5.75 Å². The molecule has 92 valence electrons. The van der Waals surface area contributed by atoms with Crippen molar-refractivity contribution in [1.29, 1.82) is 0 Å². The van der Waals surface area contributed by atoms with Crippen LogP contribution in [0.15, 0.2) is 0 Å². The molecule has 0 aromatic heterocycles. The molecule has 4 nitrogen and oxygen atoms in total. The molecule has 0 unspecified atom stereocenters. The van der Waals surface area contributed by atoms with Gasteiger partial charge in [-0.15, -0.1) is 12.4 Å². The van der Waals surface area contributed by atoms with Crippen molar-refractivity contribution in [2.45, 2.75) is 19.3 Å². The van der Waals surface area contributed by atoms with Gasteiger partial charge in [0.1, 0.15) is 0 Å². The second-order valence-electron chi connectivity index (χ2n) is 3.97. The number of nitrogens with one attached hydrogen (secondary N) is 1. The van der Waals surface area contributed by atoms with E-state index in [-0.39, 0.29) is 12.4 Å². The van der Waals surface area contributed by atoms with Gasteiger partial charge in [-0.1, -0.05) is 12.8 Å². The lowest BCUT2D eigenvalue weighted by Crippen LogP contribution is -2.34. The summed E-state index contributed by atoms with van der Waals surface area (Å²) in [6.45, 7) is 1.27. The first kappa shape index (κ1) is 15.2. The smallest absolute Gasteiger partial charge is 0.213 e. The van der Waals surface area contributed by atoms with E-state index in [0.717, 1.165) is 6.42 Å². The SMILES string of the molecule is CNCCN(C)S(=O)(=O)CCC1CC1.Cl. The monoisotopic (exact) mass is 256 g/mol. The van der Waals surface area contributed by atoms with Crippen molar-refractivity contribution in [3.05, 3.63) is 0 Å². The molecule has 1 fully saturated rings. The van der Waals surface area contributed by atoms with Crippen LogP contribution in [0.3, 0.4) is 0 Å². The van der Waals surface area contributed by atoms with Crippen LogP contribution in [0.2, 0.25) is 0 Å². The first-order valence-corrected chi connectivity index (χ1v) is 6.76. The van der Waals surface area contributed by atoms with E-state index in [1.54, 1.807) is 7.05 Å². The van der Waals surface area contributed by atoms with Crippen LogP contribution in [0.4, 0.5) is 0 Å². The van der Waals surface area contributed by atoms with Gasteiger partial charge in [-0.2, -0.15) is 0 Å². The summed E-state index contributed by atoms with van der Waals surface area (Å²) in [4.78, 5) is 0. The van der Waals surface area contributed by atoms with Crippen LogP contribution in [0, 0.1) is 5.92 Å². The Morgan fingerprint density at radius 3 is 2.47 bits per heavy atom. The maximum absolute atomic E-state index is 11.7. The van der Waals surface area contributed by atoms with E-state index in [2.05, 4.69) is 5.32 Å². The molecule has 0 radical (unpaired) electrons. The van der Waals surface area contributed by atoms with Crippen molar-refractivity contribution < 1.29 is 8.42 Å². The Kier molecular flexibility index (Phi) is 6.75. The van der Waals surface area contributed by atoms with Gasteiger partial charge in [0.25, 0.3) is 0 Å². The minimum absolute atomic E-state index is 0. The van der Waals surface area contributed by atoms with E-state index < -0.39 is 10.0 Å². The fraction of sp³-hybridized carbons (Fsp3) is 1.00. The Labute approximate surface area is 98.9 Å². The first-order valence-electron chi connectivity index (χ1n) is 5.15. The number of hydrogen-bond donors (Lipinski definition) is 1. The van der Waals surface area contributed by atoms with Crippen molar-refractivity contribution >= 4 is 22.4 Å². The molecule has 0 heterocycles. The van der Waals surface area contributed by atoms with Gasteiger partial charge in [-0.05, 0) is 19.4 Å². The molecule has 1 saturated carbocycles. The standard InChI is InChI=1S/C9H20N2O2S.ClH/c1-10-6-7-11(2)14(12,13)8-5-9-3-4-9;/h9-10H,3-8H2,1-2H3;1H. The summed E-state index contributed by atoms with van der Waals surface area (Å²) in [6, 6.07) is 0. The van der Waals surface area contributed by atoms with Gasteiger partial charge in [0, 0.05) is 20.1 Å². The molecular formula is C9H21ClN2O2S. The van der Waals surface area contributed by atoms with Gasteiger partial charge < -0.3 is 5.32 Å². The molecule has 0 aromatic rings. The number of sulfonamides is 1. The van der Waals surface area contributed by atoms with Crippen LogP contribution in [-0.2, 0) is 10.0 Å². The summed E-state index contributed by atoms with van der Waals surface area (Å²) in [5.74, 6) is 1.00. The third-order valence-electron chi connectivity index (χ3n) is 2.63. The van der Waals surface area contributed by atoms with E-state index in [1.807, 2.05) is 7.05 Å². The summed E-state index contributed by atoms with van der Waals surface area (Å²) in [5, 5.41) is 2.94. The Morgan fingerprint density at radius 2 is 2.00 bits per heavy atom. The van der Waals surface area contributed by atoms with Gasteiger partial charge in [-0.25, -0.2) is 12.7 Å². The van der Waals surface area contributed by atoms with Gasteiger partial charge in [0.15, 0.2) is 0 Å². The molecule has 6 heteroatoms. The predicted molar refractivity (Wildman–Crippen MR) is 64.9 cm³/mol. The van der Waals surface area contributed by atoms with Crippen molar-refractivity contribution in [3.63, 3.8) is 0 Å². The van der Waals surface area contributed by atoms with E-state index in [0.29, 0.717) is 24.8 Å². The average molecular weight is 257 g/mol. The molecule has 1 aliphatic carbocycles. The van der Waals surface area contributed by atoms with Crippen molar-refractivity contribution in [3.8, 4) is 0 Å². The maximum Gasteiger partial charge on any atom is 0.213 e. The molecule has 15 heavy (non-hydrogen) atoms. The van der Waals surface area contributed by atoms with E-state index in [9.17, 15) is 8.42 Å². The number of rotatable bonds is 7. The van der Waals surface area contributed by atoms with Gasteiger partial charge >= 0.3 is 0 Å². The molecule has 0 saturated heterocycles. The quantitative estimate of drug-likeness (QED) is 0.729. The van der Waals surface area contributed by atoms with Crippen LogP contribution >= 0.6 is 12.4 Å². The molecule has 0 atom stereocenters. The molecule has 0 spiro atoms. The van der Waals surface area contributed by atoms with Gasteiger partial charge in [0.2, 0.25) is 10.0 Å². The Balaban J connectivity index is 0.00000196. The zero-order valence-corrected chi connectivity index (χ0v) is 11.0. The minimum Gasteiger partial charge on any atom is -0.318 e. The van der Waals surface area contributed by atoms with Crippen LogP contribution in [0.5, 0.6) is 0 Å². The highest BCUT2D eigenvalue weighted by Gasteiger charge is 2.25. The fourth-order valence-corrected chi connectivity index (χ4v) is 2.60. The second-order valence-corrected chi connectivity index (χ2v) is 6.17. The van der Waals surface area contributed by atoms with E-state index in [1.165, 1.54) is 17.1 Å². The van der Waals surface area contributed by atoms with Crippen LogP contribution in [-0.4, -0.2) is 45.7 Å². The van der Waals surface area contributed by atoms with Crippen LogP contribution < -0.4 is 5.32 Å². The Bertz CT molecular complexity index is 265. The van der Waals surface area contributed by atoms with Gasteiger partial charge in [-0.3, -0.25) is 0 Å². The molecule has 0 aliphatic heterocycles. The largest absolute Gasteiger partial charge is 0.318 e. The molecule has 0 bridgehead atoms. The first-order chi connectivity index (χ1) is 6.56. The average Bonchev–Trinajstić information content (AvgIpc) is 2.94. The summed E-state index contributed by atoms with van der Waals surface area (Å²) < 4.78 is 24.8. The highest BCUT2D eigenvalue weighted by Crippen LogP contribution is 2.32. The molecule has 0 aromatic carbocycles. The summed E-state index contributed by atoms with van der Waals surface area (Å²) in [7, 11) is 0.482. The van der Waals surface area contributed by atoms with Crippen LogP contribution in [0.1, 0.15) is 19.3 Å². The third-order valence-corrected chi connectivity index (χ3v) is 4.52. The van der Waals surface area contributed by atoms with Crippen molar-refractivity contribution in [2.75, 3.05) is 32.9 Å². The highest BCUT2D eigenvalue weighted by atomic mass is 35.5. The Hall–Kier alpha value is 0.160. The zero-order chi connectivity index (χ0) is 10.6. The number of likely N-dealkylation sites (N-methyl/N-ethyl adjacent to an activating group) is 2. The van der Waals surface area contributed by atoms with E-state index >= 15 is 0 Å². The van der Waals surface area contributed by atoms with Crippen molar-refractivity contribution in [2.24, 2.45) is 5.92 Å². The second kappa shape index (κ2) is 6.68. The molecular weight excluding hydrogens is 236 g/mol. The number of nitrogens with zero attached hydrogens (tertiary/aromatic N) is 1. The molecule has 1 aliphatic rings. The normalized spacial score (nSPS) is 16.5. The maximum atomic E-state index is 11.7. The summed E-state index contributed by atoms with van der Waals surface area (Å²) >= 11 is 0. The number of halogens is 1. The zero-order valence-electron chi connectivity index (χ0n) is 9.40. The molecule has 1 N–H and O–H groups in total. The van der Waals surface area contributed by atoms with E-state index in [4.69, 9.17) is 0 Å². The third kappa shape index (κ3) is 5.70. The molecule has 0 amide bonds. The van der Waals surface area contributed by atoms with Crippen LogP contribution in [0.25, 0.3) is 0 Å². The summed E-state index contributed by atoms with van der Waals surface area (Å²) in [6.07, 6.45) is 3.28. The predicted octanol–water partition coefficient (Wildman–Crippen LogP) is 0.689. The highest BCUT2D eigenvalue weighted by molar-refractivity contribution is 7.89. The van der Waals surface area contributed by atoms with Crippen molar-refractivity contribution in [1.82, 2.24) is 9.62 Å². The fourth-order valence-electron chi connectivity index (χ4n) is 1.29. The molecule has 1 rings (SSSR count). The lowest BCUT2D eigenvalue weighted by Gasteiger charge is -2.16. The Morgan fingerprint density at radius 1 is 1.40 bits per heavy atom. The summed E-state index contributed by atoms with van der Waals surface area (Å²) in [5.41, 5.74) is 0. The lowest BCUT2D eigenvalue weighted by molar-refractivity contribution is 0.463. The minimum atomic E-state index is -2.99. The topological polar surface area (TPSA) is 49.4 Å².